The first kappa shape index (κ1) is 7.67. The van der Waals surface area contributed by atoms with Gasteiger partial charge >= 0.3 is 0 Å². The summed E-state index contributed by atoms with van der Waals surface area (Å²) in [6.45, 7) is 1.52. The van der Waals surface area contributed by atoms with Gasteiger partial charge < -0.3 is 14.2 Å². The van der Waals surface area contributed by atoms with E-state index in [1.54, 1.807) is 0 Å². The molecule has 0 amide bonds. The molecule has 3 rings (SSSR count). The van der Waals surface area contributed by atoms with Crippen molar-refractivity contribution in [2.24, 2.45) is 0 Å². The molecule has 0 aliphatic carbocycles. The third-order valence-electron chi connectivity index (χ3n) is 2.49. The molecule has 0 unspecified atom stereocenters. The molecular formula is C10H10N2O2. The minimum atomic E-state index is 0.686. The Morgan fingerprint density at radius 2 is 2.36 bits per heavy atom. The number of hydrogen-bond acceptors (Lipinski definition) is 4. The van der Waals surface area contributed by atoms with Crippen molar-refractivity contribution in [2.45, 2.75) is 0 Å². The molecule has 14 heavy (non-hydrogen) atoms. The number of benzene rings is 1. The zero-order valence-electron chi connectivity index (χ0n) is 7.86. The maximum absolute atomic E-state index is 5.61. The molecule has 4 nitrogen and oxygen atoms in total. The van der Waals surface area contributed by atoms with Crippen LogP contribution in [0.2, 0.25) is 0 Å². The van der Waals surface area contributed by atoms with E-state index in [2.05, 4.69) is 5.16 Å². The minimum Gasteiger partial charge on any atom is -0.491 e. The molecule has 0 saturated heterocycles. The second-order valence-electron chi connectivity index (χ2n) is 3.41. The summed E-state index contributed by atoms with van der Waals surface area (Å²) in [5.74, 6) is 1.73. The van der Waals surface area contributed by atoms with Crippen LogP contribution in [-0.2, 0) is 0 Å². The Bertz CT molecular complexity index is 478. The predicted octanol–water partition coefficient (Wildman–Crippen LogP) is 1.66. The molecule has 4 heteroatoms. The van der Waals surface area contributed by atoms with E-state index in [1.165, 1.54) is 0 Å². The molecule has 0 fully saturated rings. The fraction of sp³-hybridized carbons (Fsp3) is 0.300. The van der Waals surface area contributed by atoms with Gasteiger partial charge in [-0.15, -0.1) is 0 Å². The lowest BCUT2D eigenvalue weighted by Crippen LogP contribution is -2.22. The molecule has 0 atom stereocenters. The molecule has 0 radical (unpaired) electrons. The number of aromatic nitrogens is 1. The predicted molar refractivity (Wildman–Crippen MR) is 52.8 cm³/mol. The summed E-state index contributed by atoms with van der Waals surface area (Å²) < 4.78 is 10.8. The van der Waals surface area contributed by atoms with Crippen LogP contribution in [0.15, 0.2) is 22.7 Å². The van der Waals surface area contributed by atoms with E-state index in [4.69, 9.17) is 9.26 Å². The zero-order valence-corrected chi connectivity index (χ0v) is 7.86. The number of hydrogen-bond donors (Lipinski definition) is 0. The van der Waals surface area contributed by atoms with Crippen molar-refractivity contribution in [1.29, 1.82) is 0 Å². The van der Waals surface area contributed by atoms with Crippen LogP contribution in [-0.4, -0.2) is 25.4 Å². The van der Waals surface area contributed by atoms with Crippen LogP contribution in [0.4, 0.5) is 5.82 Å². The van der Waals surface area contributed by atoms with Crippen LogP contribution < -0.4 is 9.64 Å². The van der Waals surface area contributed by atoms with E-state index in [0.29, 0.717) is 6.61 Å². The zero-order chi connectivity index (χ0) is 9.54. The van der Waals surface area contributed by atoms with Gasteiger partial charge in [0.05, 0.1) is 6.54 Å². The van der Waals surface area contributed by atoms with Crippen LogP contribution >= 0.6 is 0 Å². The molecule has 0 N–H and O–H groups in total. The van der Waals surface area contributed by atoms with Crippen molar-refractivity contribution in [1.82, 2.24) is 5.16 Å². The highest BCUT2D eigenvalue weighted by Crippen LogP contribution is 2.35. The molecule has 2 heterocycles. The van der Waals surface area contributed by atoms with Gasteiger partial charge in [-0.2, -0.15) is 0 Å². The molecule has 1 aromatic heterocycles. The molecule has 2 aromatic rings. The molecule has 0 spiro atoms. The first-order valence-electron chi connectivity index (χ1n) is 4.58. The van der Waals surface area contributed by atoms with E-state index in [1.807, 2.05) is 30.1 Å². The third kappa shape index (κ3) is 0.907. The minimum absolute atomic E-state index is 0.686. The van der Waals surface area contributed by atoms with Gasteiger partial charge in [0, 0.05) is 7.05 Å². The van der Waals surface area contributed by atoms with Crippen LogP contribution in [0.3, 0.4) is 0 Å². The lowest BCUT2D eigenvalue weighted by Gasteiger charge is -2.11. The average molecular weight is 190 g/mol. The lowest BCUT2D eigenvalue weighted by molar-refractivity contribution is 0.331. The van der Waals surface area contributed by atoms with Gasteiger partial charge in [0.1, 0.15) is 17.7 Å². The average Bonchev–Trinajstić information content (AvgIpc) is 2.54. The Kier molecular flexibility index (Phi) is 1.45. The monoisotopic (exact) mass is 190 g/mol. The van der Waals surface area contributed by atoms with Crippen molar-refractivity contribution in [2.75, 3.05) is 25.1 Å². The maximum Gasteiger partial charge on any atom is 0.183 e. The smallest absolute Gasteiger partial charge is 0.183 e. The second kappa shape index (κ2) is 2.64. The molecule has 72 valence electrons. The Labute approximate surface area is 81.0 Å². The standard InChI is InChI=1S/C10H10N2O2/c1-12-5-6-13-7-3-2-4-8-9(7)10(12)11-14-8/h2-4H,5-6H2,1H3. The van der Waals surface area contributed by atoms with Crippen molar-refractivity contribution < 1.29 is 9.26 Å². The number of rotatable bonds is 0. The lowest BCUT2D eigenvalue weighted by atomic mass is 10.2. The quantitative estimate of drug-likeness (QED) is 0.633. The Balaban J connectivity index is 2.38. The molecule has 1 aliphatic rings. The van der Waals surface area contributed by atoms with Crippen LogP contribution in [0, 0.1) is 0 Å². The van der Waals surface area contributed by atoms with Gasteiger partial charge in [-0.05, 0) is 12.1 Å². The van der Waals surface area contributed by atoms with Crippen molar-refractivity contribution in [3.05, 3.63) is 18.2 Å². The van der Waals surface area contributed by atoms with E-state index >= 15 is 0 Å². The van der Waals surface area contributed by atoms with Crippen LogP contribution in [0.25, 0.3) is 11.0 Å². The van der Waals surface area contributed by atoms with Gasteiger partial charge in [-0.25, -0.2) is 0 Å². The molecule has 0 saturated carbocycles. The molecule has 0 bridgehead atoms. The van der Waals surface area contributed by atoms with Gasteiger partial charge in [0.25, 0.3) is 0 Å². The third-order valence-corrected chi connectivity index (χ3v) is 2.49. The highest BCUT2D eigenvalue weighted by Gasteiger charge is 2.19. The maximum atomic E-state index is 5.61. The van der Waals surface area contributed by atoms with E-state index in [0.717, 1.165) is 29.1 Å². The summed E-state index contributed by atoms with van der Waals surface area (Å²) >= 11 is 0. The van der Waals surface area contributed by atoms with Crippen LogP contribution in [0.1, 0.15) is 0 Å². The van der Waals surface area contributed by atoms with E-state index < -0.39 is 0 Å². The highest BCUT2D eigenvalue weighted by atomic mass is 16.5. The summed E-state index contributed by atoms with van der Waals surface area (Å²) in [6.07, 6.45) is 0. The topological polar surface area (TPSA) is 38.5 Å². The van der Waals surface area contributed by atoms with E-state index in [9.17, 15) is 0 Å². The summed E-state index contributed by atoms with van der Waals surface area (Å²) in [5, 5.41) is 5.02. The highest BCUT2D eigenvalue weighted by molar-refractivity contribution is 5.94. The summed E-state index contributed by atoms with van der Waals surface area (Å²) in [7, 11) is 1.99. The normalized spacial score (nSPS) is 15.4. The van der Waals surface area contributed by atoms with Gasteiger partial charge in [0.15, 0.2) is 11.4 Å². The number of ether oxygens (including phenoxy) is 1. The summed E-state index contributed by atoms with van der Waals surface area (Å²) in [5.41, 5.74) is 0.784. The molecular weight excluding hydrogens is 180 g/mol. The molecule has 1 aliphatic heterocycles. The van der Waals surface area contributed by atoms with E-state index in [-0.39, 0.29) is 0 Å². The van der Waals surface area contributed by atoms with Crippen molar-refractivity contribution in [3.63, 3.8) is 0 Å². The van der Waals surface area contributed by atoms with Crippen molar-refractivity contribution >= 4 is 16.8 Å². The Hall–Kier alpha value is -1.71. The number of anilines is 1. The van der Waals surface area contributed by atoms with Crippen LogP contribution in [0.5, 0.6) is 5.75 Å². The fourth-order valence-corrected chi connectivity index (χ4v) is 1.72. The SMILES string of the molecule is CN1CCOc2cccc3onc1c23. The summed E-state index contributed by atoms with van der Waals surface area (Å²) in [6, 6.07) is 5.76. The first-order chi connectivity index (χ1) is 6.86. The first-order valence-corrected chi connectivity index (χ1v) is 4.58. The largest absolute Gasteiger partial charge is 0.491 e. The number of nitrogens with zero attached hydrogens (tertiary/aromatic N) is 2. The van der Waals surface area contributed by atoms with Gasteiger partial charge in [-0.1, -0.05) is 11.2 Å². The number of likely N-dealkylation sites (N-methyl/N-ethyl adjacent to an activating group) is 1. The second-order valence-corrected chi connectivity index (χ2v) is 3.41. The van der Waals surface area contributed by atoms with Crippen molar-refractivity contribution in [3.8, 4) is 5.75 Å². The summed E-state index contributed by atoms with van der Waals surface area (Å²) in [4.78, 5) is 2.04. The van der Waals surface area contributed by atoms with Gasteiger partial charge in [-0.3, -0.25) is 0 Å². The fourth-order valence-electron chi connectivity index (χ4n) is 1.72. The Morgan fingerprint density at radius 1 is 1.43 bits per heavy atom. The van der Waals surface area contributed by atoms with Gasteiger partial charge in [0.2, 0.25) is 0 Å². The molecule has 1 aromatic carbocycles. The Morgan fingerprint density at radius 3 is 3.29 bits per heavy atom.